The minimum atomic E-state index is -0.299. The molecule has 0 amide bonds. The van der Waals surface area contributed by atoms with Crippen LogP contribution in [-0.2, 0) is 4.79 Å². The first-order valence-corrected chi connectivity index (χ1v) is 3.39. The van der Waals surface area contributed by atoms with E-state index in [1.807, 2.05) is 13.8 Å². The lowest BCUT2D eigenvalue weighted by atomic mass is 9.99. The Morgan fingerprint density at radius 1 is 1.44 bits per heavy atom. The minimum absolute atomic E-state index is 0.0278. The summed E-state index contributed by atoms with van der Waals surface area (Å²) in [5, 5.41) is 8.42. The van der Waals surface area contributed by atoms with E-state index in [-0.39, 0.29) is 18.3 Å². The van der Waals surface area contributed by atoms with Crippen LogP contribution in [0.1, 0.15) is 26.7 Å². The van der Waals surface area contributed by atoms with Gasteiger partial charge in [0.2, 0.25) is 0 Å². The molecule has 9 heavy (non-hydrogen) atoms. The average Bonchev–Trinajstić information content (AvgIpc) is 1.90. The van der Waals surface area contributed by atoms with E-state index in [0.717, 1.165) is 12.8 Å². The maximum atomic E-state index is 10.7. The molecule has 0 atom stereocenters. The molecule has 0 unspecified atom stereocenters. The van der Waals surface area contributed by atoms with Gasteiger partial charge in [0.15, 0.2) is 5.78 Å². The van der Waals surface area contributed by atoms with Gasteiger partial charge in [-0.2, -0.15) is 0 Å². The summed E-state index contributed by atoms with van der Waals surface area (Å²) in [5.41, 5.74) is 0. The predicted octanol–water partition coefficient (Wildman–Crippen LogP) is 0.984. The van der Waals surface area contributed by atoms with Crippen molar-refractivity contribution in [2.24, 2.45) is 5.92 Å². The Kier molecular flexibility index (Phi) is 4.32. The highest BCUT2D eigenvalue weighted by Crippen LogP contribution is 2.07. The molecule has 2 heteroatoms. The van der Waals surface area contributed by atoms with E-state index < -0.39 is 0 Å². The van der Waals surface area contributed by atoms with E-state index in [1.54, 1.807) is 0 Å². The van der Waals surface area contributed by atoms with Crippen molar-refractivity contribution in [3.05, 3.63) is 0 Å². The molecule has 54 valence electrons. The van der Waals surface area contributed by atoms with Gasteiger partial charge in [0.1, 0.15) is 6.61 Å². The van der Waals surface area contributed by atoms with Crippen LogP contribution in [-0.4, -0.2) is 17.5 Å². The number of carbonyl (C=O) groups excluding carboxylic acids is 1. The van der Waals surface area contributed by atoms with E-state index in [2.05, 4.69) is 0 Å². The highest BCUT2D eigenvalue weighted by Gasteiger charge is 2.11. The Labute approximate surface area is 55.9 Å². The van der Waals surface area contributed by atoms with Crippen molar-refractivity contribution in [1.82, 2.24) is 0 Å². The molecule has 1 N–H and O–H groups in total. The van der Waals surface area contributed by atoms with Crippen LogP contribution in [0, 0.1) is 5.92 Å². The van der Waals surface area contributed by atoms with Gasteiger partial charge in [-0.1, -0.05) is 13.8 Å². The highest BCUT2D eigenvalue weighted by atomic mass is 16.3. The van der Waals surface area contributed by atoms with Crippen LogP contribution in [0.25, 0.3) is 0 Å². The average molecular weight is 130 g/mol. The smallest absolute Gasteiger partial charge is 0.161 e. The number of hydrogen-bond donors (Lipinski definition) is 1. The topological polar surface area (TPSA) is 37.3 Å². The van der Waals surface area contributed by atoms with Gasteiger partial charge < -0.3 is 5.11 Å². The number of hydrogen-bond acceptors (Lipinski definition) is 2. The van der Waals surface area contributed by atoms with Gasteiger partial charge in [-0.25, -0.2) is 0 Å². The molecule has 0 aromatic carbocycles. The molecule has 0 spiro atoms. The van der Waals surface area contributed by atoms with Gasteiger partial charge in [-0.3, -0.25) is 4.79 Å². The number of aliphatic hydroxyl groups is 1. The summed E-state index contributed by atoms with van der Waals surface area (Å²) in [4.78, 5) is 10.7. The lowest BCUT2D eigenvalue weighted by Gasteiger charge is -2.06. The Balaban J connectivity index is 3.64. The third-order valence-corrected chi connectivity index (χ3v) is 1.60. The zero-order valence-electron chi connectivity index (χ0n) is 6.05. The summed E-state index contributed by atoms with van der Waals surface area (Å²) in [6, 6.07) is 0. The van der Waals surface area contributed by atoms with E-state index in [0.29, 0.717) is 0 Å². The molecule has 0 aliphatic rings. The van der Waals surface area contributed by atoms with Crippen molar-refractivity contribution in [2.45, 2.75) is 26.7 Å². The van der Waals surface area contributed by atoms with Gasteiger partial charge in [0.25, 0.3) is 0 Å². The number of rotatable bonds is 4. The molecule has 0 bridgehead atoms. The fraction of sp³-hybridized carbons (Fsp3) is 0.857. The fourth-order valence-corrected chi connectivity index (χ4v) is 0.873. The largest absolute Gasteiger partial charge is 0.389 e. The minimum Gasteiger partial charge on any atom is -0.389 e. The van der Waals surface area contributed by atoms with Crippen LogP contribution in [0.15, 0.2) is 0 Å². The molecule has 2 nitrogen and oxygen atoms in total. The lowest BCUT2D eigenvalue weighted by molar-refractivity contribution is -0.125. The van der Waals surface area contributed by atoms with Gasteiger partial charge in [-0.15, -0.1) is 0 Å². The first-order chi connectivity index (χ1) is 4.26. The molecule has 0 aromatic heterocycles. The van der Waals surface area contributed by atoms with Crippen LogP contribution < -0.4 is 0 Å². The first-order valence-electron chi connectivity index (χ1n) is 3.39. The van der Waals surface area contributed by atoms with Crippen LogP contribution in [0.4, 0.5) is 0 Å². The van der Waals surface area contributed by atoms with Gasteiger partial charge in [-0.05, 0) is 12.8 Å². The van der Waals surface area contributed by atoms with Crippen LogP contribution in [0.2, 0.25) is 0 Å². The maximum absolute atomic E-state index is 10.7. The van der Waals surface area contributed by atoms with Gasteiger partial charge in [0.05, 0.1) is 0 Å². The molecule has 0 radical (unpaired) electrons. The molecule has 0 heterocycles. The molecule has 0 aliphatic heterocycles. The van der Waals surface area contributed by atoms with Crippen LogP contribution in [0.5, 0.6) is 0 Å². The molecule has 0 saturated heterocycles. The Morgan fingerprint density at radius 2 is 1.89 bits per heavy atom. The monoisotopic (exact) mass is 130 g/mol. The van der Waals surface area contributed by atoms with E-state index in [1.165, 1.54) is 0 Å². The Bertz CT molecular complexity index is 84.9. The van der Waals surface area contributed by atoms with Gasteiger partial charge >= 0.3 is 0 Å². The second kappa shape index (κ2) is 4.50. The standard InChI is InChI=1S/C7H14O2/c1-3-6(4-2)7(9)5-8/h6,8H,3-5H2,1-2H3. The zero-order chi connectivity index (χ0) is 7.28. The van der Waals surface area contributed by atoms with E-state index >= 15 is 0 Å². The quantitative estimate of drug-likeness (QED) is 0.616. The fourth-order valence-electron chi connectivity index (χ4n) is 0.873. The molecule has 0 saturated carbocycles. The summed E-state index contributed by atoms with van der Waals surface area (Å²) in [6.07, 6.45) is 1.69. The molecule has 0 rings (SSSR count). The normalized spacial score (nSPS) is 10.2. The molecule has 0 fully saturated rings. The predicted molar refractivity (Wildman–Crippen MR) is 36.2 cm³/mol. The van der Waals surface area contributed by atoms with E-state index in [9.17, 15) is 4.79 Å². The molecule has 0 aliphatic carbocycles. The third-order valence-electron chi connectivity index (χ3n) is 1.60. The zero-order valence-corrected chi connectivity index (χ0v) is 6.05. The molecule has 0 aromatic rings. The number of Topliss-reactive ketones (excluding diaryl/α,β-unsaturated/α-hetero) is 1. The number of carbonyl (C=O) groups is 1. The van der Waals surface area contributed by atoms with Gasteiger partial charge in [0, 0.05) is 5.92 Å². The number of aliphatic hydroxyl groups excluding tert-OH is 1. The molecular weight excluding hydrogens is 116 g/mol. The summed E-state index contributed by atoms with van der Waals surface area (Å²) in [7, 11) is 0. The summed E-state index contributed by atoms with van der Waals surface area (Å²) >= 11 is 0. The Hall–Kier alpha value is -0.370. The third kappa shape index (κ3) is 2.61. The van der Waals surface area contributed by atoms with E-state index in [4.69, 9.17) is 5.11 Å². The highest BCUT2D eigenvalue weighted by molar-refractivity contribution is 5.81. The maximum Gasteiger partial charge on any atom is 0.161 e. The SMILES string of the molecule is CCC(CC)C(=O)CO. The lowest BCUT2D eigenvalue weighted by Crippen LogP contribution is -2.16. The van der Waals surface area contributed by atoms with Crippen molar-refractivity contribution >= 4 is 5.78 Å². The second-order valence-corrected chi connectivity index (χ2v) is 2.14. The summed E-state index contributed by atoms with van der Waals surface area (Å²) in [5.74, 6) is 0.0509. The van der Waals surface area contributed by atoms with Crippen molar-refractivity contribution in [3.63, 3.8) is 0 Å². The first kappa shape index (κ1) is 8.63. The van der Waals surface area contributed by atoms with Crippen molar-refractivity contribution in [1.29, 1.82) is 0 Å². The van der Waals surface area contributed by atoms with Crippen molar-refractivity contribution in [3.8, 4) is 0 Å². The van der Waals surface area contributed by atoms with Crippen LogP contribution in [0.3, 0.4) is 0 Å². The number of ketones is 1. The van der Waals surface area contributed by atoms with Crippen molar-refractivity contribution < 1.29 is 9.90 Å². The second-order valence-electron chi connectivity index (χ2n) is 2.14. The Morgan fingerprint density at radius 3 is 2.00 bits per heavy atom. The molecular formula is C7H14O2. The van der Waals surface area contributed by atoms with Crippen molar-refractivity contribution in [2.75, 3.05) is 6.61 Å². The summed E-state index contributed by atoms with van der Waals surface area (Å²) < 4.78 is 0. The van der Waals surface area contributed by atoms with Crippen LogP contribution >= 0.6 is 0 Å². The summed E-state index contributed by atoms with van der Waals surface area (Å²) in [6.45, 7) is 3.62.